The van der Waals surface area contributed by atoms with Gasteiger partial charge in [-0.3, -0.25) is 9.36 Å². The van der Waals surface area contributed by atoms with Crippen LogP contribution in [0.1, 0.15) is 25.8 Å². The number of aromatic nitrogens is 2. The third-order valence-electron chi connectivity index (χ3n) is 5.02. The Bertz CT molecular complexity index is 1350. The molecular formula is C24H19F3N2O4. The highest BCUT2D eigenvalue weighted by Crippen LogP contribution is 2.36. The summed E-state index contributed by atoms with van der Waals surface area (Å²) in [6, 6.07) is 11.0. The number of oxazole rings is 1. The number of hydrogen-bond acceptors (Lipinski definition) is 5. The number of aliphatic hydroxyl groups excluding tert-OH is 1. The summed E-state index contributed by atoms with van der Waals surface area (Å²) in [5.74, 6) is -2.49. The quantitative estimate of drug-likeness (QED) is 0.465. The van der Waals surface area contributed by atoms with Gasteiger partial charge in [-0.15, -0.1) is 0 Å². The fourth-order valence-corrected chi connectivity index (χ4v) is 3.27. The van der Waals surface area contributed by atoms with Gasteiger partial charge in [0.05, 0.1) is 5.60 Å². The SMILES string of the molecule is CC(C)(O)C(O)c1nc(-c2ccc(=O)n(-c3c(F)cccc3F)c2)c(-c2ccc(F)cc2)o1. The predicted octanol–water partition coefficient (Wildman–Crippen LogP) is 4.38. The lowest BCUT2D eigenvalue weighted by atomic mass is 10.0. The van der Waals surface area contributed by atoms with Crippen LogP contribution in [0.3, 0.4) is 0 Å². The summed E-state index contributed by atoms with van der Waals surface area (Å²) in [5.41, 5.74) is -2.11. The maximum absolute atomic E-state index is 14.3. The second-order valence-electron chi connectivity index (χ2n) is 7.99. The summed E-state index contributed by atoms with van der Waals surface area (Å²) in [4.78, 5) is 16.7. The van der Waals surface area contributed by atoms with Crippen molar-refractivity contribution in [1.82, 2.24) is 9.55 Å². The molecular weight excluding hydrogens is 437 g/mol. The first kappa shape index (κ1) is 22.5. The normalized spacial score (nSPS) is 12.7. The van der Waals surface area contributed by atoms with Gasteiger partial charge in [0.15, 0.2) is 11.9 Å². The van der Waals surface area contributed by atoms with E-state index in [1.807, 2.05) is 0 Å². The average Bonchev–Trinajstić information content (AvgIpc) is 3.19. The molecule has 2 heterocycles. The fourth-order valence-electron chi connectivity index (χ4n) is 3.27. The molecule has 0 spiro atoms. The van der Waals surface area contributed by atoms with Crippen molar-refractivity contribution >= 4 is 0 Å². The van der Waals surface area contributed by atoms with E-state index in [0.717, 1.165) is 22.8 Å². The molecule has 4 aromatic rings. The number of pyridine rings is 1. The van der Waals surface area contributed by atoms with Gasteiger partial charge in [0.2, 0.25) is 5.89 Å². The second kappa shape index (κ2) is 8.34. The smallest absolute Gasteiger partial charge is 0.255 e. The van der Waals surface area contributed by atoms with Crippen LogP contribution in [0.15, 0.2) is 70.0 Å². The largest absolute Gasteiger partial charge is 0.437 e. The van der Waals surface area contributed by atoms with E-state index in [1.54, 1.807) is 0 Å². The van der Waals surface area contributed by atoms with Crippen molar-refractivity contribution in [3.8, 4) is 28.3 Å². The third-order valence-corrected chi connectivity index (χ3v) is 5.02. The van der Waals surface area contributed by atoms with Crippen LogP contribution in [0.4, 0.5) is 13.2 Å². The minimum atomic E-state index is -1.60. The number of para-hydroxylation sites is 1. The molecule has 33 heavy (non-hydrogen) atoms. The number of rotatable bonds is 5. The zero-order valence-electron chi connectivity index (χ0n) is 17.6. The molecule has 2 aromatic carbocycles. The Morgan fingerprint density at radius 3 is 2.18 bits per heavy atom. The number of nitrogens with zero attached hydrogens (tertiary/aromatic N) is 2. The molecule has 0 saturated carbocycles. The first-order valence-electron chi connectivity index (χ1n) is 9.91. The Labute approximate surface area is 186 Å². The molecule has 0 aliphatic carbocycles. The Balaban J connectivity index is 1.94. The first-order chi connectivity index (χ1) is 15.6. The predicted molar refractivity (Wildman–Crippen MR) is 114 cm³/mol. The summed E-state index contributed by atoms with van der Waals surface area (Å²) in [6.45, 7) is 2.72. The first-order valence-corrected chi connectivity index (χ1v) is 9.91. The molecule has 2 N–H and O–H groups in total. The van der Waals surface area contributed by atoms with Gasteiger partial charge < -0.3 is 14.6 Å². The molecule has 0 aliphatic heterocycles. The monoisotopic (exact) mass is 456 g/mol. The van der Waals surface area contributed by atoms with E-state index in [-0.39, 0.29) is 22.9 Å². The van der Waals surface area contributed by atoms with E-state index < -0.39 is 40.4 Å². The average molecular weight is 456 g/mol. The maximum Gasteiger partial charge on any atom is 0.255 e. The van der Waals surface area contributed by atoms with Crippen molar-refractivity contribution in [3.05, 3.63) is 94.5 Å². The molecule has 9 heteroatoms. The third kappa shape index (κ3) is 4.33. The highest BCUT2D eigenvalue weighted by Gasteiger charge is 2.32. The molecule has 1 unspecified atom stereocenters. The van der Waals surface area contributed by atoms with Gasteiger partial charge in [-0.2, -0.15) is 0 Å². The number of halogens is 3. The van der Waals surface area contributed by atoms with Gasteiger partial charge in [0.1, 0.15) is 28.8 Å². The lowest BCUT2D eigenvalue weighted by Crippen LogP contribution is -2.28. The van der Waals surface area contributed by atoms with Crippen LogP contribution in [-0.2, 0) is 0 Å². The van der Waals surface area contributed by atoms with E-state index in [2.05, 4.69) is 4.98 Å². The molecule has 0 saturated heterocycles. The van der Waals surface area contributed by atoms with Crippen molar-refractivity contribution in [2.24, 2.45) is 0 Å². The Kier molecular flexibility index (Phi) is 5.69. The van der Waals surface area contributed by atoms with Crippen LogP contribution in [0.5, 0.6) is 0 Å². The second-order valence-corrected chi connectivity index (χ2v) is 7.99. The number of hydrogen-bond donors (Lipinski definition) is 2. The summed E-state index contributed by atoms with van der Waals surface area (Å²) in [5, 5.41) is 20.6. The topological polar surface area (TPSA) is 88.5 Å². The highest BCUT2D eigenvalue weighted by atomic mass is 19.1. The highest BCUT2D eigenvalue weighted by molar-refractivity contribution is 5.76. The molecule has 6 nitrogen and oxygen atoms in total. The minimum Gasteiger partial charge on any atom is -0.437 e. The lowest BCUT2D eigenvalue weighted by molar-refractivity contribution is -0.0617. The van der Waals surface area contributed by atoms with Gasteiger partial charge in [0.25, 0.3) is 5.56 Å². The molecule has 0 aliphatic rings. The molecule has 1 atom stereocenters. The van der Waals surface area contributed by atoms with Crippen LogP contribution < -0.4 is 5.56 Å². The van der Waals surface area contributed by atoms with Crippen LogP contribution in [0, 0.1) is 17.5 Å². The van der Waals surface area contributed by atoms with Gasteiger partial charge in [-0.25, -0.2) is 18.2 Å². The van der Waals surface area contributed by atoms with E-state index in [4.69, 9.17) is 4.42 Å². The summed E-state index contributed by atoms with van der Waals surface area (Å²) < 4.78 is 48.7. The Morgan fingerprint density at radius 2 is 1.58 bits per heavy atom. The molecule has 0 bridgehead atoms. The van der Waals surface area contributed by atoms with Crippen molar-refractivity contribution in [2.75, 3.05) is 0 Å². The van der Waals surface area contributed by atoms with Crippen LogP contribution in [0.25, 0.3) is 28.3 Å². The van der Waals surface area contributed by atoms with Gasteiger partial charge in [-0.1, -0.05) is 6.07 Å². The maximum atomic E-state index is 14.3. The molecule has 0 fully saturated rings. The minimum absolute atomic E-state index is 0.104. The summed E-state index contributed by atoms with van der Waals surface area (Å²) in [6.07, 6.45) is -0.324. The molecule has 0 amide bonds. The standard InChI is InChI=1S/C24H19F3N2O4/c1-24(2,32)22(31)23-28-19(21(33-23)13-6-9-15(25)10-7-13)14-8-11-18(30)29(12-14)20-16(26)4-3-5-17(20)27/h3-12,22,31-32H,1-2H3. The molecule has 170 valence electrons. The number of benzene rings is 2. The van der Waals surface area contributed by atoms with Gasteiger partial charge in [0, 0.05) is 23.4 Å². The van der Waals surface area contributed by atoms with Crippen LogP contribution in [-0.4, -0.2) is 25.4 Å². The molecule has 2 aromatic heterocycles. The van der Waals surface area contributed by atoms with Crippen LogP contribution in [0.2, 0.25) is 0 Å². The Morgan fingerprint density at radius 1 is 0.970 bits per heavy atom. The van der Waals surface area contributed by atoms with E-state index in [0.29, 0.717) is 5.56 Å². The lowest BCUT2D eigenvalue weighted by Gasteiger charge is -2.21. The summed E-state index contributed by atoms with van der Waals surface area (Å²) >= 11 is 0. The van der Waals surface area contributed by atoms with Gasteiger partial charge >= 0.3 is 0 Å². The zero-order valence-corrected chi connectivity index (χ0v) is 17.6. The Hall–Kier alpha value is -3.69. The van der Waals surface area contributed by atoms with Gasteiger partial charge in [-0.05, 0) is 56.3 Å². The van der Waals surface area contributed by atoms with E-state index >= 15 is 0 Å². The van der Waals surface area contributed by atoms with Crippen molar-refractivity contribution in [3.63, 3.8) is 0 Å². The summed E-state index contributed by atoms with van der Waals surface area (Å²) in [7, 11) is 0. The van der Waals surface area contributed by atoms with Crippen molar-refractivity contribution in [2.45, 2.75) is 25.6 Å². The molecule has 4 rings (SSSR count). The van der Waals surface area contributed by atoms with E-state index in [1.165, 1.54) is 56.4 Å². The van der Waals surface area contributed by atoms with Crippen LogP contribution >= 0.6 is 0 Å². The fraction of sp³-hybridized carbons (Fsp3) is 0.167. The van der Waals surface area contributed by atoms with Crippen molar-refractivity contribution < 1.29 is 27.8 Å². The van der Waals surface area contributed by atoms with E-state index in [9.17, 15) is 28.2 Å². The zero-order chi connectivity index (χ0) is 23.9. The molecule has 0 radical (unpaired) electrons. The van der Waals surface area contributed by atoms with Crippen molar-refractivity contribution in [1.29, 1.82) is 0 Å². The number of aliphatic hydroxyl groups is 2.